The number of nitriles is 2. The van der Waals surface area contributed by atoms with Crippen molar-refractivity contribution in [1.82, 2.24) is 0 Å². The van der Waals surface area contributed by atoms with Crippen LogP contribution in [0.3, 0.4) is 0 Å². The van der Waals surface area contributed by atoms with Gasteiger partial charge in [-0.3, -0.25) is 0 Å². The van der Waals surface area contributed by atoms with Crippen LogP contribution in [0.15, 0.2) is 0 Å². The summed E-state index contributed by atoms with van der Waals surface area (Å²) in [4.78, 5) is 0. The second kappa shape index (κ2) is 2.76. The van der Waals surface area contributed by atoms with E-state index in [1.54, 1.807) is 0 Å². The van der Waals surface area contributed by atoms with Crippen LogP contribution in [-0.2, 0) is 0 Å². The van der Waals surface area contributed by atoms with E-state index in [1.807, 2.05) is 0 Å². The summed E-state index contributed by atoms with van der Waals surface area (Å²) in [5, 5.41) is 18.4. The van der Waals surface area contributed by atoms with Crippen molar-refractivity contribution in [2.75, 3.05) is 0 Å². The van der Waals surface area contributed by atoms with Gasteiger partial charge in [0, 0.05) is 0 Å². The zero-order chi connectivity index (χ0) is 11.3. The third-order valence-corrected chi connectivity index (χ3v) is 5.68. The lowest BCUT2D eigenvalue weighted by atomic mass is 9.58. The molecule has 2 saturated carbocycles. The maximum Gasteiger partial charge on any atom is 0.0765 e. The quantitative estimate of drug-likeness (QED) is 0.655. The van der Waals surface area contributed by atoms with Gasteiger partial charge in [0.2, 0.25) is 0 Å². The minimum Gasteiger partial charge on any atom is -0.198 e. The van der Waals surface area contributed by atoms with Crippen molar-refractivity contribution in [3.8, 4) is 12.1 Å². The highest BCUT2D eigenvalue weighted by molar-refractivity contribution is 5.25. The highest BCUT2D eigenvalue weighted by Crippen LogP contribution is 2.73. The first-order chi connectivity index (χ1) is 6.93. The molecular weight excluding hydrogens is 184 g/mol. The maximum atomic E-state index is 9.47. The molecule has 2 fully saturated rings. The normalized spacial score (nSPS) is 46.1. The second-order valence-corrected chi connectivity index (χ2v) is 6.02. The minimum atomic E-state index is -0.381. The van der Waals surface area contributed by atoms with Crippen LogP contribution in [0, 0.1) is 44.8 Å². The van der Waals surface area contributed by atoms with Crippen molar-refractivity contribution >= 4 is 0 Å². The Bertz CT molecular complexity index is 371. The first-order valence-electron chi connectivity index (χ1n) is 5.72. The van der Waals surface area contributed by atoms with Crippen LogP contribution in [0.5, 0.6) is 0 Å². The highest BCUT2D eigenvalue weighted by Gasteiger charge is 2.68. The maximum absolute atomic E-state index is 9.47. The Morgan fingerprint density at radius 3 is 2.27 bits per heavy atom. The Balaban J connectivity index is 2.50. The fourth-order valence-corrected chi connectivity index (χ4v) is 4.07. The van der Waals surface area contributed by atoms with E-state index < -0.39 is 0 Å². The Morgan fingerprint density at radius 2 is 1.93 bits per heavy atom. The predicted molar refractivity (Wildman–Crippen MR) is 57.5 cm³/mol. The standard InChI is InChI=1S/C13H18N2/c1-11(2)10-4-5-12(11,3)13(8-10,9-15)6-7-14/h10H,4-6,8H2,1-3H3/t10-,12+,13-/m0/s1. The van der Waals surface area contributed by atoms with Crippen LogP contribution in [0.1, 0.15) is 46.5 Å². The van der Waals surface area contributed by atoms with Crippen LogP contribution < -0.4 is 0 Å². The van der Waals surface area contributed by atoms with Crippen molar-refractivity contribution in [3.63, 3.8) is 0 Å². The molecule has 0 aromatic heterocycles. The number of hydrogen-bond acceptors (Lipinski definition) is 2. The van der Waals surface area contributed by atoms with E-state index in [1.165, 1.54) is 6.42 Å². The van der Waals surface area contributed by atoms with Crippen molar-refractivity contribution < 1.29 is 0 Å². The third-order valence-electron chi connectivity index (χ3n) is 5.68. The Hall–Kier alpha value is -1.02. The van der Waals surface area contributed by atoms with Crippen molar-refractivity contribution in [1.29, 1.82) is 10.5 Å². The Morgan fingerprint density at radius 1 is 1.27 bits per heavy atom. The monoisotopic (exact) mass is 202 g/mol. The topological polar surface area (TPSA) is 47.6 Å². The summed E-state index contributed by atoms with van der Waals surface area (Å²) in [7, 11) is 0. The smallest absolute Gasteiger partial charge is 0.0765 e. The van der Waals surface area contributed by atoms with Gasteiger partial charge in [-0.05, 0) is 36.0 Å². The molecule has 0 aromatic carbocycles. The van der Waals surface area contributed by atoms with Crippen molar-refractivity contribution in [3.05, 3.63) is 0 Å². The molecule has 2 bridgehead atoms. The van der Waals surface area contributed by atoms with Gasteiger partial charge in [-0.2, -0.15) is 10.5 Å². The zero-order valence-corrected chi connectivity index (χ0v) is 9.80. The molecule has 2 aliphatic rings. The molecule has 2 heteroatoms. The van der Waals surface area contributed by atoms with E-state index >= 15 is 0 Å². The van der Waals surface area contributed by atoms with Crippen LogP contribution in [0.25, 0.3) is 0 Å². The number of nitrogens with zero attached hydrogens (tertiary/aromatic N) is 2. The average molecular weight is 202 g/mol. The van der Waals surface area contributed by atoms with Gasteiger partial charge in [0.25, 0.3) is 0 Å². The lowest BCUT2D eigenvalue weighted by Gasteiger charge is -2.43. The summed E-state index contributed by atoms with van der Waals surface area (Å²) < 4.78 is 0. The van der Waals surface area contributed by atoms with Gasteiger partial charge in [0.1, 0.15) is 0 Å². The molecule has 0 heterocycles. The molecule has 2 aliphatic carbocycles. The van der Waals surface area contributed by atoms with Gasteiger partial charge in [-0.15, -0.1) is 0 Å². The molecule has 2 rings (SSSR count). The summed E-state index contributed by atoms with van der Waals surface area (Å²) >= 11 is 0. The number of fused-ring (bicyclic) bond motifs is 2. The molecule has 0 amide bonds. The molecule has 0 unspecified atom stereocenters. The molecule has 0 saturated heterocycles. The van der Waals surface area contributed by atoms with E-state index in [2.05, 4.69) is 32.9 Å². The van der Waals surface area contributed by atoms with E-state index in [4.69, 9.17) is 5.26 Å². The van der Waals surface area contributed by atoms with Crippen LogP contribution in [-0.4, -0.2) is 0 Å². The van der Waals surface area contributed by atoms with Gasteiger partial charge < -0.3 is 0 Å². The van der Waals surface area contributed by atoms with E-state index in [-0.39, 0.29) is 16.2 Å². The Kier molecular flexibility index (Phi) is 1.93. The molecule has 2 nitrogen and oxygen atoms in total. The summed E-state index contributed by atoms with van der Waals surface area (Å²) in [6.45, 7) is 6.78. The highest BCUT2D eigenvalue weighted by atomic mass is 14.7. The van der Waals surface area contributed by atoms with Gasteiger partial charge in [-0.1, -0.05) is 20.8 Å². The summed E-state index contributed by atoms with van der Waals surface area (Å²) in [5.74, 6) is 0.635. The van der Waals surface area contributed by atoms with Gasteiger partial charge in [0.05, 0.1) is 24.0 Å². The van der Waals surface area contributed by atoms with E-state index in [0.29, 0.717) is 12.3 Å². The minimum absolute atomic E-state index is 0.0369. The summed E-state index contributed by atoms with van der Waals surface area (Å²) in [5.41, 5.74) is -0.122. The largest absolute Gasteiger partial charge is 0.198 e. The molecule has 80 valence electrons. The molecule has 0 radical (unpaired) electrons. The van der Waals surface area contributed by atoms with Gasteiger partial charge >= 0.3 is 0 Å². The van der Waals surface area contributed by atoms with Crippen LogP contribution >= 0.6 is 0 Å². The lowest BCUT2D eigenvalue weighted by Crippen LogP contribution is -2.40. The second-order valence-electron chi connectivity index (χ2n) is 6.02. The molecule has 0 aromatic rings. The fraction of sp³-hybridized carbons (Fsp3) is 0.846. The van der Waals surface area contributed by atoms with Gasteiger partial charge in [0.15, 0.2) is 0 Å². The molecule has 3 atom stereocenters. The molecule has 0 spiro atoms. The van der Waals surface area contributed by atoms with Crippen molar-refractivity contribution in [2.24, 2.45) is 22.2 Å². The number of rotatable bonds is 1. The zero-order valence-electron chi connectivity index (χ0n) is 9.80. The lowest BCUT2D eigenvalue weighted by molar-refractivity contribution is 0.0602. The molecule has 0 N–H and O–H groups in total. The summed E-state index contributed by atoms with van der Waals surface area (Å²) in [6.07, 6.45) is 3.68. The predicted octanol–water partition coefficient (Wildman–Crippen LogP) is 3.26. The average Bonchev–Trinajstić information content (AvgIpc) is 2.50. The first-order valence-corrected chi connectivity index (χ1v) is 5.72. The molecule has 15 heavy (non-hydrogen) atoms. The fourth-order valence-electron chi connectivity index (χ4n) is 4.07. The Labute approximate surface area is 91.9 Å². The van der Waals surface area contributed by atoms with E-state index in [9.17, 15) is 5.26 Å². The van der Waals surface area contributed by atoms with E-state index in [0.717, 1.165) is 12.8 Å². The SMILES string of the molecule is CC1(C)[C@H]2CC[C@@]1(C)[C@@](C#N)(CC#N)C2. The van der Waals surface area contributed by atoms with Crippen molar-refractivity contribution in [2.45, 2.75) is 46.5 Å². The summed E-state index contributed by atoms with van der Waals surface area (Å²) in [6, 6.07) is 4.71. The van der Waals surface area contributed by atoms with Crippen LogP contribution in [0.4, 0.5) is 0 Å². The molecule has 0 aliphatic heterocycles. The molecular formula is C13H18N2. The van der Waals surface area contributed by atoms with Crippen LogP contribution in [0.2, 0.25) is 0 Å². The third kappa shape index (κ3) is 0.932. The number of hydrogen-bond donors (Lipinski definition) is 0. The first kappa shape index (κ1) is 10.5. The van der Waals surface area contributed by atoms with Gasteiger partial charge in [-0.25, -0.2) is 0 Å².